The van der Waals surface area contributed by atoms with Crippen molar-refractivity contribution in [3.63, 3.8) is 0 Å². The molecule has 5 heteroatoms. The van der Waals surface area contributed by atoms with E-state index in [1.165, 1.54) is 0 Å². The van der Waals surface area contributed by atoms with Gasteiger partial charge in [0.1, 0.15) is 11.3 Å². The number of nitro benzene ring substituents is 1. The third-order valence-electron chi connectivity index (χ3n) is 4.39. The van der Waals surface area contributed by atoms with Crippen LogP contribution in [0.3, 0.4) is 0 Å². The van der Waals surface area contributed by atoms with Gasteiger partial charge < -0.3 is 9.64 Å². The van der Waals surface area contributed by atoms with Crippen molar-refractivity contribution >= 4 is 11.4 Å². The van der Waals surface area contributed by atoms with Crippen molar-refractivity contribution in [2.75, 3.05) is 24.6 Å². The van der Waals surface area contributed by atoms with Gasteiger partial charge in [0.05, 0.1) is 18.1 Å². The van der Waals surface area contributed by atoms with E-state index in [-0.39, 0.29) is 10.6 Å². The molecule has 2 aromatic carbocycles. The molecule has 1 atom stereocenters. The fourth-order valence-electron chi connectivity index (χ4n) is 3.23. The summed E-state index contributed by atoms with van der Waals surface area (Å²) in [5, 5.41) is 11.4. The topological polar surface area (TPSA) is 55.6 Å². The molecule has 2 aromatic rings. The second kappa shape index (κ2) is 6.01. The Labute approximate surface area is 135 Å². The molecule has 1 aliphatic rings. The van der Waals surface area contributed by atoms with E-state index in [9.17, 15) is 10.1 Å². The zero-order chi connectivity index (χ0) is 16.4. The minimum atomic E-state index is -0.477. The number of benzene rings is 2. The SMILES string of the molecule is Cc1cccc([N+](=O)[O-])c1N1CCOC(C)(c2ccccc2)C1. The van der Waals surface area contributed by atoms with Crippen molar-refractivity contribution in [3.05, 3.63) is 69.8 Å². The molecule has 0 radical (unpaired) electrons. The predicted octanol–water partition coefficient (Wildman–Crippen LogP) is 3.66. The highest BCUT2D eigenvalue weighted by Crippen LogP contribution is 2.37. The molecule has 0 bridgehead atoms. The Morgan fingerprint density at radius 3 is 2.61 bits per heavy atom. The van der Waals surface area contributed by atoms with Gasteiger partial charge in [-0.05, 0) is 25.0 Å². The van der Waals surface area contributed by atoms with Gasteiger partial charge in [0.15, 0.2) is 0 Å². The van der Waals surface area contributed by atoms with Crippen molar-refractivity contribution in [3.8, 4) is 0 Å². The van der Waals surface area contributed by atoms with Crippen LogP contribution in [0.1, 0.15) is 18.1 Å². The van der Waals surface area contributed by atoms with Crippen LogP contribution in [0, 0.1) is 17.0 Å². The molecule has 1 aliphatic heterocycles. The molecular weight excluding hydrogens is 292 g/mol. The first-order valence-electron chi connectivity index (χ1n) is 7.70. The van der Waals surface area contributed by atoms with Crippen molar-refractivity contribution in [2.24, 2.45) is 0 Å². The monoisotopic (exact) mass is 312 g/mol. The second-order valence-electron chi connectivity index (χ2n) is 6.07. The number of rotatable bonds is 3. The smallest absolute Gasteiger partial charge is 0.292 e. The maximum Gasteiger partial charge on any atom is 0.292 e. The Morgan fingerprint density at radius 2 is 1.91 bits per heavy atom. The summed E-state index contributed by atoms with van der Waals surface area (Å²) < 4.78 is 6.03. The van der Waals surface area contributed by atoms with Gasteiger partial charge in [-0.3, -0.25) is 10.1 Å². The number of morpholine rings is 1. The zero-order valence-corrected chi connectivity index (χ0v) is 13.4. The second-order valence-corrected chi connectivity index (χ2v) is 6.07. The van der Waals surface area contributed by atoms with Crippen LogP contribution in [0.25, 0.3) is 0 Å². The molecule has 3 rings (SSSR count). The molecule has 0 spiro atoms. The first-order valence-corrected chi connectivity index (χ1v) is 7.70. The van der Waals surface area contributed by atoms with Gasteiger partial charge >= 0.3 is 0 Å². The van der Waals surface area contributed by atoms with Crippen LogP contribution in [0.4, 0.5) is 11.4 Å². The highest BCUT2D eigenvalue weighted by Gasteiger charge is 2.36. The molecular formula is C18H20N2O3. The summed E-state index contributed by atoms with van der Waals surface area (Å²) in [5.74, 6) is 0. The standard InChI is InChI=1S/C18H20N2O3/c1-14-7-6-10-16(20(21)22)17(14)19-11-12-23-18(2,13-19)15-8-4-3-5-9-15/h3-10H,11-13H2,1-2H3. The first kappa shape index (κ1) is 15.5. The number of ether oxygens (including phenoxy) is 1. The number of anilines is 1. The molecule has 1 heterocycles. The molecule has 120 valence electrons. The lowest BCUT2D eigenvalue weighted by molar-refractivity contribution is -0.384. The molecule has 1 saturated heterocycles. The molecule has 23 heavy (non-hydrogen) atoms. The summed E-state index contributed by atoms with van der Waals surface area (Å²) >= 11 is 0. The lowest BCUT2D eigenvalue weighted by atomic mass is 9.93. The van der Waals surface area contributed by atoms with Gasteiger partial charge in [-0.2, -0.15) is 0 Å². The van der Waals surface area contributed by atoms with Crippen molar-refractivity contribution < 1.29 is 9.66 Å². The fraction of sp³-hybridized carbons (Fsp3) is 0.333. The molecule has 0 aromatic heterocycles. The zero-order valence-electron chi connectivity index (χ0n) is 13.4. The van der Waals surface area contributed by atoms with E-state index in [4.69, 9.17) is 4.74 Å². The predicted molar refractivity (Wildman–Crippen MR) is 89.8 cm³/mol. The van der Waals surface area contributed by atoms with Crippen LogP contribution in [0.15, 0.2) is 48.5 Å². The van der Waals surface area contributed by atoms with Gasteiger partial charge in [-0.1, -0.05) is 42.5 Å². The Bertz CT molecular complexity index is 717. The van der Waals surface area contributed by atoms with Crippen molar-refractivity contribution in [1.82, 2.24) is 0 Å². The number of para-hydroxylation sites is 1. The van der Waals surface area contributed by atoms with Gasteiger partial charge in [-0.25, -0.2) is 0 Å². The largest absolute Gasteiger partial charge is 0.367 e. The van der Waals surface area contributed by atoms with Crippen LogP contribution in [-0.2, 0) is 10.3 Å². The van der Waals surface area contributed by atoms with Crippen LogP contribution in [0.2, 0.25) is 0 Å². The van der Waals surface area contributed by atoms with Crippen LogP contribution >= 0.6 is 0 Å². The van der Waals surface area contributed by atoms with Gasteiger partial charge in [-0.15, -0.1) is 0 Å². The summed E-state index contributed by atoms with van der Waals surface area (Å²) in [5.41, 5.74) is 2.37. The maximum atomic E-state index is 11.4. The molecule has 0 amide bonds. The minimum absolute atomic E-state index is 0.155. The van der Waals surface area contributed by atoms with Gasteiger partial charge in [0, 0.05) is 12.6 Å². The quantitative estimate of drug-likeness (QED) is 0.641. The number of nitrogens with zero attached hydrogens (tertiary/aromatic N) is 2. The summed E-state index contributed by atoms with van der Waals surface area (Å²) in [7, 11) is 0. The summed E-state index contributed by atoms with van der Waals surface area (Å²) in [6.45, 7) is 5.73. The molecule has 0 saturated carbocycles. The van der Waals surface area contributed by atoms with Crippen molar-refractivity contribution in [2.45, 2.75) is 19.4 Å². The third kappa shape index (κ3) is 2.92. The van der Waals surface area contributed by atoms with E-state index in [2.05, 4.69) is 4.90 Å². The van der Waals surface area contributed by atoms with E-state index >= 15 is 0 Å². The third-order valence-corrected chi connectivity index (χ3v) is 4.39. The average Bonchev–Trinajstić information content (AvgIpc) is 2.55. The van der Waals surface area contributed by atoms with Gasteiger partial charge in [0.2, 0.25) is 0 Å². The molecule has 1 unspecified atom stereocenters. The number of hydrogen-bond acceptors (Lipinski definition) is 4. The normalized spacial score (nSPS) is 21.2. The highest BCUT2D eigenvalue weighted by atomic mass is 16.6. The Hall–Kier alpha value is -2.40. The summed E-state index contributed by atoms with van der Waals surface area (Å²) in [4.78, 5) is 13.2. The Morgan fingerprint density at radius 1 is 1.17 bits per heavy atom. The van der Waals surface area contributed by atoms with Crippen LogP contribution < -0.4 is 4.90 Å². The molecule has 5 nitrogen and oxygen atoms in total. The Balaban J connectivity index is 1.98. The minimum Gasteiger partial charge on any atom is -0.367 e. The molecule has 0 aliphatic carbocycles. The van der Waals surface area contributed by atoms with E-state index in [1.807, 2.05) is 50.2 Å². The van der Waals surface area contributed by atoms with Gasteiger partial charge in [0.25, 0.3) is 5.69 Å². The average molecular weight is 312 g/mol. The summed E-state index contributed by atoms with van der Waals surface area (Å²) in [6.07, 6.45) is 0. The van der Waals surface area contributed by atoms with Crippen LogP contribution in [0.5, 0.6) is 0 Å². The van der Waals surface area contributed by atoms with E-state index in [0.717, 1.165) is 11.1 Å². The number of aryl methyl sites for hydroxylation is 1. The number of nitro groups is 1. The van der Waals surface area contributed by atoms with E-state index in [0.29, 0.717) is 25.4 Å². The van der Waals surface area contributed by atoms with E-state index < -0.39 is 5.60 Å². The molecule has 1 fully saturated rings. The summed E-state index contributed by atoms with van der Waals surface area (Å²) in [6, 6.07) is 15.2. The van der Waals surface area contributed by atoms with E-state index in [1.54, 1.807) is 12.1 Å². The van der Waals surface area contributed by atoms with Crippen molar-refractivity contribution in [1.29, 1.82) is 0 Å². The fourth-order valence-corrected chi connectivity index (χ4v) is 3.23. The lowest BCUT2D eigenvalue weighted by Crippen LogP contribution is -2.48. The first-order chi connectivity index (χ1) is 11.0. The maximum absolute atomic E-state index is 11.4. The van der Waals surface area contributed by atoms with Crippen LogP contribution in [-0.4, -0.2) is 24.6 Å². The Kier molecular flexibility index (Phi) is 4.05. The molecule has 0 N–H and O–H groups in total. The highest BCUT2D eigenvalue weighted by molar-refractivity contribution is 5.68. The lowest BCUT2D eigenvalue weighted by Gasteiger charge is -2.42. The number of hydrogen-bond donors (Lipinski definition) is 0.